The first-order valence-corrected chi connectivity index (χ1v) is 10.1. The minimum Gasteiger partial charge on any atom is -0.463 e. The summed E-state index contributed by atoms with van der Waals surface area (Å²) in [4.78, 5) is 38.0. The predicted molar refractivity (Wildman–Crippen MR) is 116 cm³/mol. The first kappa shape index (κ1) is 21.6. The van der Waals surface area contributed by atoms with Crippen LogP contribution in [0.3, 0.4) is 0 Å². The monoisotopic (exact) mass is 426 g/mol. The second-order valence-corrected chi connectivity index (χ2v) is 7.37. The Kier molecular flexibility index (Phi) is 7.25. The van der Waals surface area contributed by atoms with E-state index in [1.165, 1.54) is 6.08 Å². The third-order valence-corrected chi connectivity index (χ3v) is 5.15. The first-order valence-electron chi connectivity index (χ1n) is 9.73. The molecule has 1 aliphatic rings. The van der Waals surface area contributed by atoms with Crippen molar-refractivity contribution in [1.29, 1.82) is 0 Å². The Morgan fingerprint density at radius 3 is 2.63 bits per heavy atom. The Hall–Kier alpha value is -3.12. The normalized spacial score (nSPS) is 16.1. The number of nitrogens with one attached hydrogen (secondary N) is 1. The Labute approximate surface area is 180 Å². The minimum atomic E-state index is -0.414. The van der Waals surface area contributed by atoms with E-state index in [1.807, 2.05) is 18.2 Å². The third-order valence-electron chi connectivity index (χ3n) is 4.78. The number of carbonyl (C=O) groups excluding carboxylic acids is 3. The molecule has 0 bridgehead atoms. The van der Waals surface area contributed by atoms with Gasteiger partial charge in [-0.25, -0.2) is 4.79 Å². The van der Waals surface area contributed by atoms with E-state index in [0.29, 0.717) is 30.4 Å². The molecule has 1 atom stereocenters. The number of amides is 2. The largest absolute Gasteiger partial charge is 0.463 e. The lowest BCUT2D eigenvalue weighted by Crippen LogP contribution is -2.28. The molecular formula is C23H23ClN2O4. The highest BCUT2D eigenvalue weighted by Crippen LogP contribution is 2.24. The van der Waals surface area contributed by atoms with E-state index in [9.17, 15) is 14.4 Å². The predicted octanol–water partition coefficient (Wildman–Crippen LogP) is 3.90. The number of hydrogen-bond donors (Lipinski definition) is 1. The molecular weight excluding hydrogens is 404 g/mol. The molecule has 1 aliphatic heterocycles. The Bertz CT molecular complexity index is 956. The van der Waals surface area contributed by atoms with Crippen LogP contribution in [-0.4, -0.2) is 35.8 Å². The fourth-order valence-corrected chi connectivity index (χ4v) is 3.40. The summed E-state index contributed by atoms with van der Waals surface area (Å²) in [6, 6.07) is 14.4. The van der Waals surface area contributed by atoms with Crippen LogP contribution in [-0.2, 0) is 25.7 Å². The van der Waals surface area contributed by atoms with E-state index in [-0.39, 0.29) is 18.2 Å². The number of benzene rings is 2. The van der Waals surface area contributed by atoms with E-state index >= 15 is 0 Å². The van der Waals surface area contributed by atoms with Crippen LogP contribution in [0, 0.1) is 5.92 Å². The van der Waals surface area contributed by atoms with Gasteiger partial charge in [0.15, 0.2) is 0 Å². The third kappa shape index (κ3) is 5.70. The van der Waals surface area contributed by atoms with E-state index in [2.05, 4.69) is 5.32 Å². The zero-order valence-electron chi connectivity index (χ0n) is 16.6. The lowest BCUT2D eigenvalue weighted by Gasteiger charge is -2.17. The molecule has 1 saturated heterocycles. The maximum atomic E-state index is 12.6. The average molecular weight is 427 g/mol. The zero-order chi connectivity index (χ0) is 21.5. The molecule has 0 aliphatic carbocycles. The molecule has 2 amide bonds. The van der Waals surface area contributed by atoms with Crippen LogP contribution in [0.2, 0.25) is 5.02 Å². The molecule has 1 N–H and O–H groups in total. The van der Waals surface area contributed by atoms with Crippen LogP contribution in [0.5, 0.6) is 0 Å². The van der Waals surface area contributed by atoms with Gasteiger partial charge in [0, 0.05) is 36.3 Å². The van der Waals surface area contributed by atoms with E-state index in [0.717, 1.165) is 11.1 Å². The molecule has 0 spiro atoms. The second-order valence-electron chi connectivity index (χ2n) is 6.96. The lowest BCUT2D eigenvalue weighted by molar-refractivity contribution is -0.137. The number of esters is 1. The smallest absolute Gasteiger partial charge is 0.330 e. The van der Waals surface area contributed by atoms with Gasteiger partial charge >= 0.3 is 5.97 Å². The molecule has 30 heavy (non-hydrogen) atoms. The molecule has 156 valence electrons. The summed E-state index contributed by atoms with van der Waals surface area (Å²) in [5.74, 6) is -1.07. The van der Waals surface area contributed by atoms with Crippen molar-refractivity contribution in [3.05, 3.63) is 70.8 Å². The van der Waals surface area contributed by atoms with Crippen LogP contribution in [0.25, 0.3) is 6.08 Å². The van der Waals surface area contributed by atoms with Crippen molar-refractivity contribution in [2.45, 2.75) is 19.9 Å². The van der Waals surface area contributed by atoms with Gasteiger partial charge in [0.2, 0.25) is 11.8 Å². The summed E-state index contributed by atoms with van der Waals surface area (Å²) in [5, 5.41) is 3.46. The van der Waals surface area contributed by atoms with Gasteiger partial charge in [-0.1, -0.05) is 41.9 Å². The average Bonchev–Trinajstić information content (AvgIpc) is 3.10. The summed E-state index contributed by atoms with van der Waals surface area (Å²) in [6.07, 6.45) is 3.18. The minimum absolute atomic E-state index is 0.0606. The van der Waals surface area contributed by atoms with Crippen molar-refractivity contribution in [3.63, 3.8) is 0 Å². The molecule has 0 radical (unpaired) electrons. The van der Waals surface area contributed by atoms with Gasteiger partial charge in [-0.3, -0.25) is 9.59 Å². The maximum Gasteiger partial charge on any atom is 0.330 e. The quantitative estimate of drug-likeness (QED) is 0.538. The number of halogens is 1. The Morgan fingerprint density at radius 1 is 1.20 bits per heavy atom. The van der Waals surface area contributed by atoms with Gasteiger partial charge in [-0.05, 0) is 42.3 Å². The molecule has 0 aromatic heterocycles. The highest BCUT2D eigenvalue weighted by atomic mass is 35.5. The van der Waals surface area contributed by atoms with Gasteiger partial charge in [0.25, 0.3) is 0 Å². The highest BCUT2D eigenvalue weighted by Gasteiger charge is 2.34. The molecule has 1 heterocycles. The number of carbonyl (C=O) groups is 3. The topological polar surface area (TPSA) is 75.7 Å². The summed E-state index contributed by atoms with van der Waals surface area (Å²) >= 11 is 6.18. The summed E-state index contributed by atoms with van der Waals surface area (Å²) < 4.78 is 4.84. The zero-order valence-corrected chi connectivity index (χ0v) is 17.4. The molecule has 1 unspecified atom stereocenters. The number of nitrogens with zero attached hydrogens (tertiary/aromatic N) is 1. The molecule has 2 aromatic rings. The fraction of sp³-hybridized carbons (Fsp3) is 0.261. The molecule has 6 nitrogen and oxygen atoms in total. The number of rotatable bonds is 7. The van der Waals surface area contributed by atoms with Crippen molar-refractivity contribution in [2.24, 2.45) is 5.92 Å². The molecule has 0 saturated carbocycles. The Balaban J connectivity index is 1.55. The second kappa shape index (κ2) is 10.1. The summed E-state index contributed by atoms with van der Waals surface area (Å²) in [7, 11) is 0. The van der Waals surface area contributed by atoms with Crippen LogP contribution in [0.1, 0.15) is 24.5 Å². The summed E-state index contributed by atoms with van der Waals surface area (Å²) in [5.41, 5.74) is 2.30. The van der Waals surface area contributed by atoms with Crippen molar-refractivity contribution in [3.8, 4) is 0 Å². The molecule has 2 aromatic carbocycles. The fourth-order valence-electron chi connectivity index (χ4n) is 3.21. The number of ether oxygens (including phenoxy) is 1. The van der Waals surface area contributed by atoms with Crippen LogP contribution in [0.15, 0.2) is 54.6 Å². The molecule has 1 fully saturated rings. The first-order chi connectivity index (χ1) is 14.5. The van der Waals surface area contributed by atoms with Gasteiger partial charge < -0.3 is 15.0 Å². The van der Waals surface area contributed by atoms with Crippen LogP contribution >= 0.6 is 11.6 Å². The highest BCUT2D eigenvalue weighted by molar-refractivity contribution is 6.31. The van der Waals surface area contributed by atoms with E-state index < -0.39 is 11.9 Å². The van der Waals surface area contributed by atoms with E-state index in [4.69, 9.17) is 16.3 Å². The van der Waals surface area contributed by atoms with Crippen molar-refractivity contribution >= 4 is 41.1 Å². The molecule has 3 rings (SSSR count). The van der Waals surface area contributed by atoms with Crippen LogP contribution in [0.4, 0.5) is 5.69 Å². The summed E-state index contributed by atoms with van der Waals surface area (Å²) in [6.45, 7) is 2.82. The van der Waals surface area contributed by atoms with Gasteiger partial charge in [0.05, 0.1) is 12.5 Å². The number of hydrogen-bond acceptors (Lipinski definition) is 4. The maximum absolute atomic E-state index is 12.6. The van der Waals surface area contributed by atoms with Crippen molar-refractivity contribution in [2.75, 3.05) is 18.5 Å². The van der Waals surface area contributed by atoms with Crippen molar-refractivity contribution < 1.29 is 19.1 Å². The lowest BCUT2D eigenvalue weighted by atomic mass is 10.1. The van der Waals surface area contributed by atoms with E-state index in [1.54, 1.807) is 48.2 Å². The number of anilines is 1. The standard InChI is InChI=1S/C23H23ClN2O4/c1-2-30-22(28)12-9-16-7-10-19(11-8-16)25-23(29)18-13-21(27)26(15-18)14-17-5-3-4-6-20(17)24/h3-12,18H,2,13-15H2,1H3,(H,25,29)/b12-9+. The van der Waals surface area contributed by atoms with Gasteiger partial charge in [0.1, 0.15) is 0 Å². The number of likely N-dealkylation sites (tertiary alicyclic amines) is 1. The molecule has 7 heteroatoms. The van der Waals surface area contributed by atoms with Crippen LogP contribution < -0.4 is 5.32 Å². The SMILES string of the molecule is CCOC(=O)/C=C/c1ccc(NC(=O)C2CC(=O)N(Cc3ccccc3Cl)C2)cc1. The van der Waals surface area contributed by atoms with Gasteiger partial charge in [-0.2, -0.15) is 0 Å². The van der Waals surface area contributed by atoms with Crippen molar-refractivity contribution in [1.82, 2.24) is 4.90 Å². The Morgan fingerprint density at radius 2 is 1.93 bits per heavy atom. The van der Waals surface area contributed by atoms with Gasteiger partial charge in [-0.15, -0.1) is 0 Å².